The van der Waals surface area contributed by atoms with Crippen LogP contribution in [0.15, 0.2) is 41.0 Å². The summed E-state index contributed by atoms with van der Waals surface area (Å²) in [6.45, 7) is 8.36. The number of thiocarbonyl (C=S) groups is 1. The maximum Gasteiger partial charge on any atom is 0.187 e. The number of hydrogen-bond acceptors (Lipinski definition) is 4. The highest BCUT2D eigenvalue weighted by Crippen LogP contribution is 2.35. The van der Waals surface area contributed by atoms with E-state index in [4.69, 9.17) is 12.2 Å². The van der Waals surface area contributed by atoms with E-state index < -0.39 is 5.60 Å². The predicted octanol–water partition coefficient (Wildman–Crippen LogP) is 4.64. The molecule has 0 amide bonds. The first kappa shape index (κ1) is 23.4. The molecule has 2 atom stereocenters. The van der Waals surface area contributed by atoms with Crippen LogP contribution in [0.2, 0.25) is 0 Å². The van der Waals surface area contributed by atoms with Crippen molar-refractivity contribution < 1.29 is 10.2 Å². The predicted molar refractivity (Wildman–Crippen MR) is 124 cm³/mol. The van der Waals surface area contributed by atoms with E-state index >= 15 is 0 Å². The van der Waals surface area contributed by atoms with Crippen molar-refractivity contribution in [3.05, 3.63) is 41.5 Å². The number of hydrazone groups is 1. The van der Waals surface area contributed by atoms with Gasteiger partial charge < -0.3 is 15.5 Å². The number of allylic oxidation sites excluding steroid dienone is 2. The van der Waals surface area contributed by atoms with Gasteiger partial charge in [-0.2, -0.15) is 5.10 Å². The molecule has 6 heteroatoms. The first-order valence-corrected chi connectivity index (χ1v) is 10.8. The Morgan fingerprint density at radius 2 is 1.93 bits per heavy atom. The van der Waals surface area contributed by atoms with Crippen molar-refractivity contribution in [2.24, 2.45) is 11.0 Å². The molecule has 0 aromatic heterocycles. The van der Waals surface area contributed by atoms with Gasteiger partial charge in [0.1, 0.15) is 5.75 Å². The van der Waals surface area contributed by atoms with E-state index in [-0.39, 0.29) is 11.3 Å². The molecule has 1 aromatic carbocycles. The molecule has 1 aromatic rings. The first-order valence-electron chi connectivity index (χ1n) is 10.4. The number of phenols is 1. The Labute approximate surface area is 180 Å². The van der Waals surface area contributed by atoms with Gasteiger partial charge in [-0.3, -0.25) is 5.43 Å². The monoisotopic (exact) mass is 417 g/mol. The summed E-state index contributed by atoms with van der Waals surface area (Å²) in [5.74, 6) is 0.572. The largest absolute Gasteiger partial charge is 0.508 e. The zero-order chi connectivity index (χ0) is 21.5. The van der Waals surface area contributed by atoms with E-state index in [9.17, 15) is 10.2 Å². The van der Waals surface area contributed by atoms with Gasteiger partial charge in [0.05, 0.1) is 11.8 Å². The fraction of sp³-hybridized carbons (Fsp3) is 0.565. The maximum absolute atomic E-state index is 10.9. The van der Waals surface area contributed by atoms with Gasteiger partial charge in [0.25, 0.3) is 0 Å². The zero-order valence-electron chi connectivity index (χ0n) is 18.0. The lowest BCUT2D eigenvalue weighted by molar-refractivity contribution is -0.0159. The van der Waals surface area contributed by atoms with Crippen LogP contribution in [0.4, 0.5) is 0 Å². The van der Waals surface area contributed by atoms with Crippen LogP contribution in [-0.4, -0.2) is 32.7 Å². The average molecular weight is 418 g/mol. The van der Waals surface area contributed by atoms with Crippen LogP contribution in [0, 0.1) is 5.92 Å². The van der Waals surface area contributed by atoms with E-state index in [1.165, 1.54) is 5.57 Å². The van der Waals surface area contributed by atoms with Crippen molar-refractivity contribution in [2.75, 3.05) is 0 Å². The Bertz CT molecular complexity index is 739. The molecule has 1 aliphatic rings. The van der Waals surface area contributed by atoms with Crippen molar-refractivity contribution in [1.82, 2.24) is 10.7 Å². The van der Waals surface area contributed by atoms with Crippen molar-refractivity contribution in [3.8, 4) is 5.75 Å². The molecule has 0 bridgehead atoms. The van der Waals surface area contributed by atoms with Crippen LogP contribution in [0.25, 0.3) is 0 Å². The molecule has 4 N–H and O–H groups in total. The van der Waals surface area contributed by atoms with Crippen LogP contribution in [0.3, 0.4) is 0 Å². The van der Waals surface area contributed by atoms with E-state index in [1.807, 2.05) is 6.92 Å². The molecule has 0 radical (unpaired) electrons. The summed E-state index contributed by atoms with van der Waals surface area (Å²) in [6.07, 6.45) is 9.68. The topological polar surface area (TPSA) is 76.9 Å². The second kappa shape index (κ2) is 10.2. The van der Waals surface area contributed by atoms with Gasteiger partial charge in [0.15, 0.2) is 5.11 Å². The summed E-state index contributed by atoms with van der Waals surface area (Å²) >= 11 is 5.34. The van der Waals surface area contributed by atoms with Gasteiger partial charge >= 0.3 is 0 Å². The Morgan fingerprint density at radius 1 is 1.24 bits per heavy atom. The quantitative estimate of drug-likeness (QED) is 0.215. The molecule has 2 rings (SSSR count). The fourth-order valence-electron chi connectivity index (χ4n) is 3.75. The summed E-state index contributed by atoms with van der Waals surface area (Å²) in [6, 6.07) is 6.77. The number of rotatable bonds is 8. The number of hydrogen-bond donors (Lipinski definition) is 4. The molecule has 160 valence electrons. The highest BCUT2D eigenvalue weighted by atomic mass is 32.1. The molecule has 0 saturated heterocycles. The Kier molecular flexibility index (Phi) is 8.23. The average Bonchev–Trinajstić information content (AvgIpc) is 2.63. The fourth-order valence-corrected chi connectivity index (χ4v) is 4.08. The highest BCUT2D eigenvalue weighted by molar-refractivity contribution is 7.80. The number of nitrogens with zero attached hydrogens (tertiary/aromatic N) is 1. The van der Waals surface area contributed by atoms with Gasteiger partial charge in [-0.25, -0.2) is 0 Å². The molecule has 0 saturated carbocycles. The van der Waals surface area contributed by atoms with Gasteiger partial charge in [0.2, 0.25) is 0 Å². The normalized spacial score (nSPS) is 19.5. The van der Waals surface area contributed by atoms with Gasteiger partial charge in [-0.05, 0) is 114 Å². The smallest absolute Gasteiger partial charge is 0.187 e. The van der Waals surface area contributed by atoms with Gasteiger partial charge in [-0.1, -0.05) is 11.6 Å². The van der Waals surface area contributed by atoms with E-state index in [2.05, 4.69) is 42.7 Å². The van der Waals surface area contributed by atoms with Crippen molar-refractivity contribution in [1.29, 1.82) is 0 Å². The minimum atomic E-state index is -0.625. The number of aromatic hydroxyl groups is 1. The molecular weight excluding hydrogens is 382 g/mol. The number of aliphatic hydroxyl groups is 1. The molecule has 0 heterocycles. The number of benzene rings is 1. The van der Waals surface area contributed by atoms with Crippen LogP contribution < -0.4 is 10.7 Å². The third-order valence-corrected chi connectivity index (χ3v) is 5.92. The highest BCUT2D eigenvalue weighted by Gasteiger charge is 2.32. The third kappa shape index (κ3) is 8.15. The second-order valence-corrected chi connectivity index (χ2v) is 9.44. The molecule has 0 fully saturated rings. The van der Waals surface area contributed by atoms with Crippen molar-refractivity contribution >= 4 is 23.5 Å². The summed E-state index contributed by atoms with van der Waals surface area (Å²) in [5, 5.41) is 28.1. The Balaban J connectivity index is 1.74. The maximum atomic E-state index is 10.9. The van der Waals surface area contributed by atoms with Crippen LogP contribution >= 0.6 is 12.2 Å². The molecule has 0 aliphatic heterocycles. The molecule has 0 spiro atoms. The van der Waals surface area contributed by atoms with Gasteiger partial charge in [0, 0.05) is 5.54 Å². The lowest BCUT2D eigenvalue weighted by atomic mass is 9.76. The number of phenolic OH excluding ortho intramolecular Hbond substituents is 1. The second-order valence-electron chi connectivity index (χ2n) is 9.03. The molecule has 5 nitrogen and oxygen atoms in total. The summed E-state index contributed by atoms with van der Waals surface area (Å²) in [4.78, 5) is 0. The van der Waals surface area contributed by atoms with Gasteiger partial charge in [-0.15, -0.1) is 0 Å². The standard InChI is InChI=1S/C23H35N3O2S/c1-17-6-10-19(11-7-17)23(4,28)15-5-14-22(2,3)25-21(29)26-24-16-18-8-12-20(27)13-9-18/h6,8-9,12-13,16,19,27-28H,5,7,10-11,14-15H2,1-4H3,(H2,25,26,29)/b24-16-/t19-,23+/m1/s1. The summed E-state index contributed by atoms with van der Waals surface area (Å²) in [5.41, 5.74) is 4.32. The summed E-state index contributed by atoms with van der Waals surface area (Å²) < 4.78 is 0. The van der Waals surface area contributed by atoms with E-state index in [0.717, 1.165) is 44.1 Å². The van der Waals surface area contributed by atoms with Crippen LogP contribution in [-0.2, 0) is 0 Å². The van der Waals surface area contributed by atoms with E-state index in [1.54, 1.807) is 30.5 Å². The third-order valence-electron chi connectivity index (χ3n) is 5.73. The molecular formula is C23H35N3O2S. The minimum absolute atomic E-state index is 0.197. The minimum Gasteiger partial charge on any atom is -0.508 e. The lowest BCUT2D eigenvalue weighted by Gasteiger charge is -2.36. The van der Waals surface area contributed by atoms with E-state index in [0.29, 0.717) is 11.0 Å². The summed E-state index contributed by atoms with van der Waals surface area (Å²) in [7, 11) is 0. The SMILES string of the molecule is CC1=CC[C@@H]([C@@](C)(O)CCCC(C)(C)NC(=S)N/N=C\c2ccc(O)cc2)CC1. The zero-order valence-corrected chi connectivity index (χ0v) is 18.9. The molecule has 1 aliphatic carbocycles. The van der Waals surface area contributed by atoms with Crippen LogP contribution in [0.1, 0.15) is 71.8 Å². The van der Waals surface area contributed by atoms with Crippen molar-refractivity contribution in [2.45, 2.75) is 77.4 Å². The lowest BCUT2D eigenvalue weighted by Crippen LogP contribution is -2.47. The Hall–Kier alpha value is -1.92. The first-order chi connectivity index (χ1) is 13.6. The Morgan fingerprint density at radius 3 is 2.55 bits per heavy atom. The number of nitrogens with one attached hydrogen (secondary N) is 2. The van der Waals surface area contributed by atoms with Crippen LogP contribution in [0.5, 0.6) is 5.75 Å². The molecule has 0 unspecified atom stereocenters. The van der Waals surface area contributed by atoms with Crippen molar-refractivity contribution in [3.63, 3.8) is 0 Å². The molecule has 29 heavy (non-hydrogen) atoms.